The predicted octanol–water partition coefficient (Wildman–Crippen LogP) is 2.88. The summed E-state index contributed by atoms with van der Waals surface area (Å²) in [5.41, 5.74) is 0. The first-order valence-electron chi connectivity index (χ1n) is 10.2. The molecule has 2 N–H and O–H groups in total. The molecule has 0 spiro atoms. The van der Waals surface area contributed by atoms with Gasteiger partial charge in [0.2, 0.25) is 0 Å². The molecule has 0 bridgehead atoms. The Bertz CT molecular complexity index is 504. The molecule has 2 heterocycles. The van der Waals surface area contributed by atoms with Crippen LogP contribution in [-0.4, -0.2) is 70.5 Å². The van der Waals surface area contributed by atoms with Crippen LogP contribution in [-0.2, 0) is 9.47 Å². The van der Waals surface area contributed by atoms with Crippen LogP contribution in [0.25, 0.3) is 0 Å². The molecule has 154 valence electrons. The maximum atomic E-state index is 5.50. The highest BCUT2D eigenvalue weighted by Crippen LogP contribution is 2.28. The van der Waals surface area contributed by atoms with Crippen molar-refractivity contribution in [3.05, 3.63) is 22.4 Å². The van der Waals surface area contributed by atoms with Crippen LogP contribution in [0.4, 0.5) is 0 Å². The summed E-state index contributed by atoms with van der Waals surface area (Å²) in [6.45, 7) is 9.19. The Morgan fingerprint density at radius 2 is 2.07 bits per heavy atom. The van der Waals surface area contributed by atoms with Crippen LogP contribution in [0.2, 0.25) is 0 Å². The van der Waals surface area contributed by atoms with Crippen LogP contribution in [0.3, 0.4) is 0 Å². The minimum atomic E-state index is 0.400. The predicted molar refractivity (Wildman–Crippen MR) is 114 cm³/mol. The van der Waals surface area contributed by atoms with Crippen molar-refractivity contribution in [3.63, 3.8) is 0 Å². The number of thiophene rings is 1. The molecule has 27 heavy (non-hydrogen) atoms. The van der Waals surface area contributed by atoms with E-state index < -0.39 is 0 Å². The topological polar surface area (TPSA) is 58.1 Å². The summed E-state index contributed by atoms with van der Waals surface area (Å²) >= 11 is 1.84. The highest BCUT2D eigenvalue weighted by Gasteiger charge is 2.24. The van der Waals surface area contributed by atoms with E-state index in [1.165, 1.54) is 30.8 Å². The molecule has 0 radical (unpaired) electrons. The molecule has 0 aromatic carbocycles. The Morgan fingerprint density at radius 3 is 2.78 bits per heavy atom. The van der Waals surface area contributed by atoms with Gasteiger partial charge in [0.25, 0.3) is 0 Å². The maximum Gasteiger partial charge on any atom is 0.191 e. The van der Waals surface area contributed by atoms with Crippen molar-refractivity contribution < 1.29 is 9.47 Å². The van der Waals surface area contributed by atoms with Crippen LogP contribution in [0.5, 0.6) is 0 Å². The number of rotatable bonds is 13. The first-order valence-corrected chi connectivity index (χ1v) is 11.1. The van der Waals surface area contributed by atoms with Crippen LogP contribution in [0.15, 0.2) is 22.5 Å². The van der Waals surface area contributed by atoms with E-state index in [4.69, 9.17) is 14.5 Å². The third-order valence-electron chi connectivity index (χ3n) is 4.66. The van der Waals surface area contributed by atoms with Crippen LogP contribution < -0.4 is 10.6 Å². The number of nitrogens with zero attached hydrogens (tertiary/aromatic N) is 2. The second-order valence-electron chi connectivity index (χ2n) is 6.73. The van der Waals surface area contributed by atoms with Gasteiger partial charge in [-0.3, -0.25) is 9.89 Å². The number of nitrogens with one attached hydrogen (secondary N) is 2. The molecule has 1 atom stereocenters. The highest BCUT2D eigenvalue weighted by atomic mass is 32.1. The van der Waals surface area contributed by atoms with Crippen LogP contribution in [0, 0.1) is 0 Å². The number of unbranched alkanes of at least 4 members (excludes halogenated alkanes) is 1. The Hall–Kier alpha value is -1.15. The minimum absolute atomic E-state index is 0.400. The van der Waals surface area contributed by atoms with Gasteiger partial charge in [-0.1, -0.05) is 6.07 Å². The van der Waals surface area contributed by atoms with E-state index in [0.717, 1.165) is 45.0 Å². The molecule has 2 rings (SSSR count). The molecular formula is C20H36N4O2S. The number of ether oxygens (including phenoxy) is 2. The van der Waals surface area contributed by atoms with Gasteiger partial charge in [0.15, 0.2) is 5.96 Å². The van der Waals surface area contributed by atoms with E-state index in [2.05, 4.69) is 40.0 Å². The van der Waals surface area contributed by atoms with E-state index in [9.17, 15) is 0 Å². The average Bonchev–Trinajstić information content (AvgIpc) is 3.38. The summed E-state index contributed by atoms with van der Waals surface area (Å²) in [6, 6.07) is 4.79. The van der Waals surface area contributed by atoms with E-state index in [1.54, 1.807) is 7.11 Å². The fraction of sp³-hybridized carbons (Fsp3) is 0.750. The Labute approximate surface area is 168 Å². The van der Waals surface area contributed by atoms with Crippen molar-refractivity contribution in [2.75, 3.05) is 59.7 Å². The van der Waals surface area contributed by atoms with E-state index >= 15 is 0 Å². The van der Waals surface area contributed by atoms with E-state index in [0.29, 0.717) is 19.3 Å². The summed E-state index contributed by atoms with van der Waals surface area (Å²) in [5.74, 6) is 0.915. The normalized spacial score (nSPS) is 16.6. The molecule has 0 amide bonds. The molecule has 1 saturated heterocycles. The quantitative estimate of drug-likeness (QED) is 0.305. The van der Waals surface area contributed by atoms with Gasteiger partial charge in [0.1, 0.15) is 0 Å². The molecule has 1 unspecified atom stereocenters. The minimum Gasteiger partial charge on any atom is -0.382 e. The van der Waals surface area contributed by atoms with Crippen molar-refractivity contribution in [1.29, 1.82) is 0 Å². The van der Waals surface area contributed by atoms with Crippen molar-refractivity contribution in [2.45, 2.75) is 38.6 Å². The SMILES string of the molecule is CCNC(=NCC(c1cccs1)N1CCCC1)NCCCCOCCOC. The zero-order valence-corrected chi connectivity index (χ0v) is 17.7. The second kappa shape index (κ2) is 13.9. The summed E-state index contributed by atoms with van der Waals surface area (Å²) < 4.78 is 10.5. The Balaban J connectivity index is 1.76. The lowest BCUT2D eigenvalue weighted by molar-refractivity contribution is 0.0689. The molecule has 1 fully saturated rings. The van der Waals surface area contributed by atoms with Crippen LogP contribution >= 0.6 is 11.3 Å². The van der Waals surface area contributed by atoms with E-state index in [1.807, 2.05) is 11.3 Å². The molecule has 6 nitrogen and oxygen atoms in total. The standard InChI is InChI=1S/C20H36N4O2S/c1-3-21-20(22-10-4-7-13-26-15-14-25-2)23-17-18(19-9-8-16-27-19)24-11-5-6-12-24/h8-9,16,18H,3-7,10-15,17H2,1-2H3,(H2,21,22,23). The first-order chi connectivity index (χ1) is 13.3. The van der Waals surface area contributed by atoms with Crippen molar-refractivity contribution in [3.8, 4) is 0 Å². The molecule has 0 saturated carbocycles. The van der Waals surface area contributed by atoms with Crippen molar-refractivity contribution in [2.24, 2.45) is 4.99 Å². The lowest BCUT2D eigenvalue weighted by Gasteiger charge is -2.25. The largest absolute Gasteiger partial charge is 0.382 e. The Kier molecular flexibility index (Phi) is 11.4. The molecule has 7 heteroatoms. The fourth-order valence-electron chi connectivity index (χ4n) is 3.22. The number of likely N-dealkylation sites (tertiary alicyclic amines) is 1. The third-order valence-corrected chi connectivity index (χ3v) is 5.63. The summed E-state index contributed by atoms with van der Waals surface area (Å²) in [6.07, 6.45) is 4.71. The van der Waals surface area contributed by atoms with Gasteiger partial charge < -0.3 is 20.1 Å². The number of guanidine groups is 1. The Morgan fingerprint density at radius 1 is 1.22 bits per heavy atom. The lowest BCUT2D eigenvalue weighted by atomic mass is 10.2. The summed E-state index contributed by atoms with van der Waals surface area (Å²) in [4.78, 5) is 8.88. The second-order valence-corrected chi connectivity index (χ2v) is 7.71. The van der Waals surface area contributed by atoms with Gasteiger partial charge in [-0.05, 0) is 57.1 Å². The number of methoxy groups -OCH3 is 1. The van der Waals surface area contributed by atoms with Gasteiger partial charge in [-0.2, -0.15) is 0 Å². The van der Waals surface area contributed by atoms with Crippen LogP contribution in [0.1, 0.15) is 43.5 Å². The highest BCUT2D eigenvalue weighted by molar-refractivity contribution is 7.10. The summed E-state index contributed by atoms with van der Waals surface area (Å²) in [7, 11) is 1.70. The molecular weight excluding hydrogens is 360 g/mol. The number of aliphatic imine (C=N–C) groups is 1. The third kappa shape index (κ3) is 8.60. The zero-order chi connectivity index (χ0) is 19.2. The van der Waals surface area contributed by atoms with Gasteiger partial charge in [-0.25, -0.2) is 0 Å². The fourth-order valence-corrected chi connectivity index (χ4v) is 4.07. The van der Waals surface area contributed by atoms with E-state index in [-0.39, 0.29) is 0 Å². The molecule has 1 aromatic heterocycles. The first kappa shape index (κ1) is 22.1. The average molecular weight is 397 g/mol. The van der Waals surface area contributed by atoms with Gasteiger partial charge in [0.05, 0.1) is 25.8 Å². The van der Waals surface area contributed by atoms with Crippen molar-refractivity contribution in [1.82, 2.24) is 15.5 Å². The monoisotopic (exact) mass is 396 g/mol. The number of hydrogen-bond donors (Lipinski definition) is 2. The molecule has 1 aliphatic heterocycles. The molecule has 0 aliphatic carbocycles. The smallest absolute Gasteiger partial charge is 0.191 e. The zero-order valence-electron chi connectivity index (χ0n) is 16.9. The summed E-state index contributed by atoms with van der Waals surface area (Å²) in [5, 5.41) is 8.99. The molecule has 1 aliphatic rings. The molecule has 1 aromatic rings. The maximum absolute atomic E-state index is 5.50. The van der Waals surface area contributed by atoms with Gasteiger partial charge in [0, 0.05) is 31.7 Å². The van der Waals surface area contributed by atoms with Gasteiger partial charge in [-0.15, -0.1) is 11.3 Å². The lowest BCUT2D eigenvalue weighted by Crippen LogP contribution is -2.38. The number of hydrogen-bond acceptors (Lipinski definition) is 5. The van der Waals surface area contributed by atoms with Gasteiger partial charge >= 0.3 is 0 Å². The van der Waals surface area contributed by atoms with Crippen molar-refractivity contribution >= 4 is 17.3 Å².